The summed E-state index contributed by atoms with van der Waals surface area (Å²) in [5.41, 5.74) is 5.83. The van der Waals surface area contributed by atoms with Crippen molar-refractivity contribution in [2.24, 2.45) is 15.7 Å². The molecule has 0 aromatic carbocycles. The summed E-state index contributed by atoms with van der Waals surface area (Å²) in [5, 5.41) is 20.9. The summed E-state index contributed by atoms with van der Waals surface area (Å²) in [5.74, 6) is -0.477. The molecule has 0 saturated carbocycles. The Morgan fingerprint density at radius 3 is 2.90 bits per heavy atom. The third-order valence-electron chi connectivity index (χ3n) is 3.42. The number of nitrogens with zero attached hydrogens (tertiary/aromatic N) is 3. The molecule has 0 radical (unpaired) electrons. The van der Waals surface area contributed by atoms with Gasteiger partial charge < -0.3 is 20.7 Å². The van der Waals surface area contributed by atoms with Crippen molar-refractivity contribution >= 4 is 24.1 Å². The number of imide groups is 1. The lowest BCUT2D eigenvalue weighted by Crippen LogP contribution is -2.54. The maximum Gasteiger partial charge on any atom is 0.349 e. The quantitative estimate of drug-likeness (QED) is 0.415. The van der Waals surface area contributed by atoms with Gasteiger partial charge in [-0.2, -0.15) is 4.99 Å². The highest BCUT2D eigenvalue weighted by molar-refractivity contribution is 6.22. The van der Waals surface area contributed by atoms with Crippen LogP contribution in [0.15, 0.2) is 9.98 Å². The highest BCUT2D eigenvalue weighted by atomic mass is 16.5. The maximum absolute atomic E-state index is 11.6. The van der Waals surface area contributed by atoms with Gasteiger partial charge in [-0.25, -0.2) is 4.79 Å². The highest BCUT2D eigenvalue weighted by Gasteiger charge is 2.48. The molecule has 0 aliphatic carbocycles. The van der Waals surface area contributed by atoms with Crippen LogP contribution in [-0.2, 0) is 9.53 Å². The summed E-state index contributed by atoms with van der Waals surface area (Å²) in [6.45, 7) is -0.397. The van der Waals surface area contributed by atoms with Crippen LogP contribution in [0.4, 0.5) is 4.79 Å². The number of carbonyl (C=O) groups excluding carboxylic acids is 2. The Kier molecular flexibility index (Phi) is 3.01. The molecule has 5 N–H and O–H groups in total. The highest BCUT2D eigenvalue weighted by Crippen LogP contribution is 2.25. The number of amides is 3. The lowest BCUT2D eigenvalue weighted by molar-refractivity contribution is -0.120. The van der Waals surface area contributed by atoms with Crippen molar-refractivity contribution in [3.05, 3.63) is 0 Å². The Labute approximate surface area is 112 Å². The topological polar surface area (TPSA) is 150 Å². The van der Waals surface area contributed by atoms with E-state index in [4.69, 9.17) is 15.6 Å². The van der Waals surface area contributed by atoms with Crippen LogP contribution in [0.2, 0.25) is 0 Å². The number of carbonyl (C=O) groups is 2. The third kappa shape index (κ3) is 1.81. The van der Waals surface area contributed by atoms with Gasteiger partial charge >= 0.3 is 6.03 Å². The van der Waals surface area contributed by atoms with Gasteiger partial charge in [0.1, 0.15) is 12.2 Å². The molecule has 20 heavy (non-hydrogen) atoms. The molecule has 3 rings (SSSR count). The Morgan fingerprint density at radius 2 is 2.25 bits per heavy atom. The number of hydrogen-bond acceptors (Lipinski definition) is 8. The van der Waals surface area contributed by atoms with E-state index in [1.165, 1.54) is 11.2 Å². The number of aliphatic hydroxyl groups is 2. The molecule has 3 aliphatic heterocycles. The normalized spacial score (nSPS) is 39.9. The van der Waals surface area contributed by atoms with Crippen LogP contribution in [0, 0.1) is 0 Å². The summed E-state index contributed by atoms with van der Waals surface area (Å²) in [7, 11) is 0. The number of nitrogens with one attached hydrogen (secondary N) is 1. The Morgan fingerprint density at radius 1 is 1.50 bits per heavy atom. The minimum Gasteiger partial charge on any atom is -0.394 e. The fraction of sp³-hybridized carbons (Fsp3) is 0.600. The number of fused-ring (bicyclic) bond motifs is 1. The molecule has 0 aromatic heterocycles. The minimum absolute atomic E-state index is 0.102. The summed E-state index contributed by atoms with van der Waals surface area (Å²) in [4.78, 5) is 31.9. The summed E-state index contributed by atoms with van der Waals surface area (Å²) in [6, 6.07) is -2.54. The largest absolute Gasteiger partial charge is 0.394 e. The smallest absolute Gasteiger partial charge is 0.349 e. The van der Waals surface area contributed by atoms with E-state index in [1.54, 1.807) is 0 Å². The molecule has 10 nitrogen and oxygen atoms in total. The first-order valence-corrected chi connectivity index (χ1v) is 5.98. The first-order valence-electron chi connectivity index (χ1n) is 5.98. The predicted octanol–water partition coefficient (Wildman–Crippen LogP) is -3.25. The lowest BCUT2D eigenvalue weighted by atomic mass is 10.1. The molecule has 108 valence electrons. The Bertz CT molecular complexity index is 520. The third-order valence-corrected chi connectivity index (χ3v) is 3.42. The molecule has 3 heterocycles. The second kappa shape index (κ2) is 4.59. The van der Waals surface area contributed by atoms with Crippen molar-refractivity contribution in [2.75, 3.05) is 6.61 Å². The van der Waals surface area contributed by atoms with Crippen LogP contribution in [0.25, 0.3) is 0 Å². The average Bonchev–Trinajstić information content (AvgIpc) is 2.93. The van der Waals surface area contributed by atoms with Gasteiger partial charge in [-0.15, -0.1) is 0 Å². The van der Waals surface area contributed by atoms with E-state index >= 15 is 0 Å². The van der Waals surface area contributed by atoms with Crippen molar-refractivity contribution in [3.8, 4) is 0 Å². The van der Waals surface area contributed by atoms with Crippen molar-refractivity contribution in [3.63, 3.8) is 0 Å². The van der Waals surface area contributed by atoms with Gasteiger partial charge in [-0.05, 0) is 0 Å². The molecule has 0 aromatic rings. The van der Waals surface area contributed by atoms with Gasteiger partial charge in [0.2, 0.25) is 0 Å². The Balaban J connectivity index is 1.87. The van der Waals surface area contributed by atoms with Gasteiger partial charge in [0.25, 0.3) is 5.91 Å². The fourth-order valence-corrected chi connectivity index (χ4v) is 2.38. The lowest BCUT2D eigenvalue weighted by Gasteiger charge is -2.28. The molecule has 0 spiro atoms. The summed E-state index contributed by atoms with van der Waals surface area (Å²) >= 11 is 0. The van der Waals surface area contributed by atoms with E-state index in [2.05, 4.69) is 9.98 Å². The zero-order valence-electron chi connectivity index (χ0n) is 10.2. The standard InChI is InChI=1S/C10H13N5O5/c11-4-6(17)3(1-16)20-9(4)15-2-12-5-7(15)13-10(19)14-8(5)18/h2-6,9,16-17H,1,11H2,(H,14,18,19)/t3-,4+,5?,6?,9-/m0/s1. The second-order valence-corrected chi connectivity index (χ2v) is 4.65. The number of aliphatic imine (C=N–C) groups is 2. The maximum atomic E-state index is 11.6. The van der Waals surface area contributed by atoms with Crippen LogP contribution < -0.4 is 11.1 Å². The van der Waals surface area contributed by atoms with Crippen molar-refractivity contribution < 1.29 is 24.5 Å². The zero-order chi connectivity index (χ0) is 14.4. The summed E-state index contributed by atoms with van der Waals surface area (Å²) < 4.78 is 5.42. The molecule has 3 amide bonds. The number of urea groups is 1. The summed E-state index contributed by atoms with van der Waals surface area (Å²) in [6.07, 6.45) is -1.46. The van der Waals surface area contributed by atoms with Gasteiger partial charge in [0.15, 0.2) is 18.1 Å². The van der Waals surface area contributed by atoms with E-state index in [0.717, 1.165) is 0 Å². The van der Waals surface area contributed by atoms with Crippen molar-refractivity contribution in [1.29, 1.82) is 0 Å². The molecular formula is C10H13N5O5. The second-order valence-electron chi connectivity index (χ2n) is 4.65. The SMILES string of the molecule is N[C@@H]1C(O)[C@H](CO)O[C@@H]1N1C=NC2C(=O)NC(=O)N=C21. The van der Waals surface area contributed by atoms with Gasteiger partial charge in [-0.1, -0.05) is 0 Å². The fourth-order valence-electron chi connectivity index (χ4n) is 2.38. The number of rotatable bonds is 2. The number of amidine groups is 1. The molecule has 0 bridgehead atoms. The van der Waals surface area contributed by atoms with Crippen molar-refractivity contribution in [2.45, 2.75) is 30.5 Å². The van der Waals surface area contributed by atoms with Crippen LogP contribution in [0.3, 0.4) is 0 Å². The van der Waals surface area contributed by atoms with Crippen LogP contribution in [-0.4, -0.2) is 76.4 Å². The van der Waals surface area contributed by atoms with E-state index in [1.807, 2.05) is 5.32 Å². The molecule has 3 aliphatic rings. The first-order chi connectivity index (χ1) is 9.52. The number of nitrogens with two attached hydrogens (primary N) is 1. The average molecular weight is 283 g/mol. The predicted molar refractivity (Wildman–Crippen MR) is 64.8 cm³/mol. The molecular weight excluding hydrogens is 270 g/mol. The van der Waals surface area contributed by atoms with Crippen molar-refractivity contribution in [1.82, 2.24) is 10.2 Å². The molecule has 2 unspecified atom stereocenters. The molecule has 5 atom stereocenters. The molecule has 1 fully saturated rings. The number of ether oxygens (including phenoxy) is 1. The minimum atomic E-state index is -1.06. The molecule has 10 heteroatoms. The van der Waals surface area contributed by atoms with Gasteiger partial charge in [0, 0.05) is 0 Å². The number of aliphatic hydroxyl groups excluding tert-OH is 2. The van der Waals surface area contributed by atoms with Crippen LogP contribution in [0.5, 0.6) is 0 Å². The number of hydrogen-bond donors (Lipinski definition) is 4. The first kappa shape index (κ1) is 13.1. The Hall–Kier alpha value is -1.88. The monoisotopic (exact) mass is 283 g/mol. The van der Waals surface area contributed by atoms with Crippen LogP contribution in [0.1, 0.15) is 0 Å². The molecule has 1 saturated heterocycles. The van der Waals surface area contributed by atoms with E-state index in [0.29, 0.717) is 0 Å². The zero-order valence-corrected chi connectivity index (χ0v) is 10.2. The van der Waals surface area contributed by atoms with E-state index in [9.17, 15) is 14.7 Å². The van der Waals surface area contributed by atoms with Gasteiger partial charge in [0.05, 0.1) is 19.0 Å². The van der Waals surface area contributed by atoms with E-state index < -0.39 is 49.1 Å². The van der Waals surface area contributed by atoms with Gasteiger partial charge in [-0.3, -0.25) is 20.0 Å². The van der Waals surface area contributed by atoms with E-state index in [-0.39, 0.29) is 5.84 Å². The van der Waals surface area contributed by atoms with Crippen LogP contribution >= 0.6 is 0 Å².